The van der Waals surface area contributed by atoms with E-state index in [2.05, 4.69) is 78.7 Å². The summed E-state index contributed by atoms with van der Waals surface area (Å²) in [6.07, 6.45) is 8.18. The maximum absolute atomic E-state index is 7.18. The molecule has 2 aromatic heterocycles. The molecule has 0 unspecified atom stereocenters. The van der Waals surface area contributed by atoms with E-state index in [1.165, 1.54) is 16.3 Å². The molecule has 6 rings (SSSR count). The second kappa shape index (κ2) is 10.6. The normalized spacial score (nSPS) is 13.5. The summed E-state index contributed by atoms with van der Waals surface area (Å²) in [6.45, 7) is 11.5. The highest BCUT2D eigenvalue weighted by Gasteiger charge is 2.21. The molecule has 1 fully saturated rings. The van der Waals surface area contributed by atoms with Gasteiger partial charge in [-0.05, 0) is 21.9 Å². The molecule has 1 aliphatic rings. The van der Waals surface area contributed by atoms with E-state index in [-0.39, 0.29) is 0 Å². The van der Waals surface area contributed by atoms with E-state index in [0.29, 0.717) is 32.0 Å². The first-order chi connectivity index (χ1) is 18.7. The average molecular weight is 518 g/mol. The van der Waals surface area contributed by atoms with E-state index in [9.17, 15) is 0 Å². The van der Waals surface area contributed by atoms with Gasteiger partial charge in [-0.3, -0.25) is 0 Å². The zero-order valence-electron chi connectivity index (χ0n) is 21.0. The van der Waals surface area contributed by atoms with Gasteiger partial charge in [0.15, 0.2) is 5.69 Å². The topological polar surface area (TPSA) is 39.6 Å². The predicted molar refractivity (Wildman–Crippen MR) is 155 cm³/mol. The number of aromatic nitrogens is 3. The summed E-state index contributed by atoms with van der Waals surface area (Å²) in [7, 11) is 0. The Morgan fingerprint density at radius 3 is 2.53 bits per heavy atom. The van der Waals surface area contributed by atoms with E-state index < -0.39 is 0 Å². The van der Waals surface area contributed by atoms with Crippen molar-refractivity contribution in [3.8, 4) is 11.1 Å². The van der Waals surface area contributed by atoms with E-state index in [1.54, 1.807) is 0 Å². The Hall–Kier alpha value is -4.25. The van der Waals surface area contributed by atoms with Gasteiger partial charge in [-0.1, -0.05) is 78.9 Å². The molecule has 0 N–H and O–H groups in total. The van der Waals surface area contributed by atoms with Crippen LogP contribution in [0.2, 0.25) is 0 Å². The third-order valence-electron chi connectivity index (χ3n) is 7.05. The van der Waals surface area contributed by atoms with Crippen LogP contribution in [0.1, 0.15) is 16.8 Å². The molecule has 38 heavy (non-hydrogen) atoms. The summed E-state index contributed by atoms with van der Waals surface area (Å²) in [5.41, 5.74) is 6.27. The number of morpholine rings is 1. The van der Waals surface area contributed by atoms with Gasteiger partial charge in [0.1, 0.15) is 4.99 Å². The van der Waals surface area contributed by atoms with Gasteiger partial charge in [-0.2, -0.15) is 0 Å². The van der Waals surface area contributed by atoms with Gasteiger partial charge < -0.3 is 18.8 Å². The largest absolute Gasteiger partial charge is 0.378 e. The van der Waals surface area contributed by atoms with Gasteiger partial charge in [0, 0.05) is 49.4 Å². The number of imidazole rings is 1. The zero-order chi connectivity index (χ0) is 25.9. The second-order valence-electron chi connectivity index (χ2n) is 9.48. The molecule has 0 amide bonds. The van der Waals surface area contributed by atoms with Gasteiger partial charge in [-0.25, -0.2) is 9.83 Å². The van der Waals surface area contributed by atoms with Crippen molar-refractivity contribution in [2.24, 2.45) is 0 Å². The van der Waals surface area contributed by atoms with Gasteiger partial charge in [0.05, 0.1) is 38.4 Å². The molecule has 0 bridgehead atoms. The summed E-state index contributed by atoms with van der Waals surface area (Å²) in [5.74, 6) is 0. The third-order valence-corrected chi connectivity index (χ3v) is 7.53. The molecular weight excluding hydrogens is 490 g/mol. The Labute approximate surface area is 227 Å². The Morgan fingerprint density at radius 2 is 1.71 bits per heavy atom. The van der Waals surface area contributed by atoms with Crippen LogP contribution in [0, 0.1) is 6.57 Å². The lowest BCUT2D eigenvalue weighted by Crippen LogP contribution is -2.40. The first kappa shape index (κ1) is 24.1. The first-order valence-corrected chi connectivity index (χ1v) is 13.1. The first-order valence-electron chi connectivity index (χ1n) is 12.7. The fourth-order valence-electron chi connectivity index (χ4n) is 5.06. The lowest BCUT2D eigenvalue weighted by Gasteiger charge is -2.29. The zero-order valence-corrected chi connectivity index (χ0v) is 21.8. The quantitative estimate of drug-likeness (QED) is 0.200. The summed E-state index contributed by atoms with van der Waals surface area (Å²) < 4.78 is 9.95. The monoisotopic (exact) mass is 517 g/mol. The lowest BCUT2D eigenvalue weighted by atomic mass is 9.97. The van der Waals surface area contributed by atoms with Crippen LogP contribution in [0.25, 0.3) is 26.7 Å². The molecule has 7 heteroatoms. The number of nitrogens with zero attached hydrogens (tertiary/aromatic N) is 5. The van der Waals surface area contributed by atoms with E-state index in [0.717, 1.165) is 40.5 Å². The van der Waals surface area contributed by atoms with Crippen molar-refractivity contribution in [1.29, 1.82) is 0 Å². The van der Waals surface area contributed by atoms with Crippen LogP contribution < -0.4 is 0 Å². The molecule has 1 saturated heterocycles. The van der Waals surface area contributed by atoms with Crippen molar-refractivity contribution in [2.75, 3.05) is 26.3 Å². The molecule has 3 heterocycles. The van der Waals surface area contributed by atoms with Crippen molar-refractivity contribution in [2.45, 2.75) is 13.1 Å². The number of hydrogen-bond acceptors (Lipinski definition) is 3. The lowest BCUT2D eigenvalue weighted by molar-refractivity contribution is 0.0693. The highest BCUT2D eigenvalue weighted by Crippen LogP contribution is 2.33. The minimum absolute atomic E-state index is 0.650. The van der Waals surface area contributed by atoms with Crippen LogP contribution in [-0.2, 0) is 17.8 Å². The molecule has 0 spiro atoms. The van der Waals surface area contributed by atoms with Crippen LogP contribution in [-0.4, -0.2) is 50.3 Å². The van der Waals surface area contributed by atoms with Crippen LogP contribution in [0.15, 0.2) is 91.6 Å². The van der Waals surface area contributed by atoms with Crippen molar-refractivity contribution in [3.05, 3.63) is 120 Å². The summed E-state index contributed by atoms with van der Waals surface area (Å²) in [5, 5.41) is 2.43. The van der Waals surface area contributed by atoms with Crippen LogP contribution in [0.5, 0.6) is 0 Å². The van der Waals surface area contributed by atoms with Crippen LogP contribution in [0.4, 0.5) is 5.69 Å². The predicted octanol–water partition coefficient (Wildman–Crippen LogP) is 6.16. The molecule has 0 aliphatic carbocycles. The standard InChI is InChI=1S/C31H27N5OS/c1-32-25-11-9-23(10-12-25)18-36-22-33-17-26(36)19-34-20-29(28-8-4-6-24-5-2-3-7-27(24)28)30(21-34)31(38)35-13-15-37-16-14-35/h2-12,17,20-22H,13-16,18-19H2. The van der Waals surface area contributed by atoms with E-state index >= 15 is 0 Å². The summed E-state index contributed by atoms with van der Waals surface area (Å²) in [4.78, 5) is 11.0. The third kappa shape index (κ3) is 4.84. The van der Waals surface area contributed by atoms with Crippen LogP contribution in [0.3, 0.4) is 0 Å². The molecule has 1 aliphatic heterocycles. The van der Waals surface area contributed by atoms with Crippen molar-refractivity contribution >= 4 is 33.7 Å². The number of thiocarbonyl (C=S) groups is 1. The smallest absolute Gasteiger partial charge is 0.187 e. The molecule has 188 valence electrons. The highest BCUT2D eigenvalue weighted by atomic mass is 32.1. The Balaban J connectivity index is 1.36. The van der Waals surface area contributed by atoms with Crippen LogP contribution >= 0.6 is 12.2 Å². The minimum Gasteiger partial charge on any atom is -0.378 e. The Kier molecular flexibility index (Phi) is 6.74. The minimum atomic E-state index is 0.650. The maximum atomic E-state index is 7.18. The molecule has 0 atom stereocenters. The number of hydrogen-bond donors (Lipinski definition) is 0. The SMILES string of the molecule is [C-]#[N+]c1ccc(Cn2cncc2Cn2cc(C(=S)N3CCOCC3)c(-c3cccc4ccccc34)c2)cc1. The number of ether oxygens (including phenoxy) is 1. The second-order valence-corrected chi connectivity index (χ2v) is 9.87. The van der Waals surface area contributed by atoms with Crippen molar-refractivity contribution < 1.29 is 4.74 Å². The molecule has 3 aromatic carbocycles. The van der Waals surface area contributed by atoms with Gasteiger partial charge >= 0.3 is 0 Å². The van der Waals surface area contributed by atoms with Gasteiger partial charge in [-0.15, -0.1) is 0 Å². The Morgan fingerprint density at radius 1 is 0.921 bits per heavy atom. The molecule has 6 nitrogen and oxygen atoms in total. The maximum Gasteiger partial charge on any atom is 0.187 e. The highest BCUT2D eigenvalue weighted by molar-refractivity contribution is 7.80. The Bertz CT molecular complexity index is 1630. The number of rotatable bonds is 6. The summed E-state index contributed by atoms with van der Waals surface area (Å²) >= 11 is 6.06. The van der Waals surface area contributed by atoms with Crippen molar-refractivity contribution in [1.82, 2.24) is 19.0 Å². The number of fused-ring (bicyclic) bond motifs is 1. The summed E-state index contributed by atoms with van der Waals surface area (Å²) in [6, 6.07) is 22.7. The molecule has 0 saturated carbocycles. The van der Waals surface area contributed by atoms with E-state index in [4.69, 9.17) is 23.5 Å². The van der Waals surface area contributed by atoms with Gasteiger partial charge in [0.25, 0.3) is 0 Å². The molecule has 5 aromatic rings. The fourth-order valence-corrected chi connectivity index (χ4v) is 5.41. The van der Waals surface area contributed by atoms with Gasteiger partial charge in [0.2, 0.25) is 0 Å². The molecular formula is C31H27N5OS. The van der Waals surface area contributed by atoms with Crippen molar-refractivity contribution in [3.63, 3.8) is 0 Å². The number of benzene rings is 3. The molecule has 0 radical (unpaired) electrons. The van der Waals surface area contributed by atoms with E-state index in [1.807, 2.05) is 36.8 Å². The average Bonchev–Trinajstić information content (AvgIpc) is 3.60. The fraction of sp³-hybridized carbons (Fsp3) is 0.194.